The molecule has 1 amide bonds. The molecule has 0 aliphatic heterocycles. The van der Waals surface area contributed by atoms with E-state index in [9.17, 15) is 9.59 Å². The maximum atomic E-state index is 12.0. The molecule has 2 aromatic carbocycles. The Kier molecular flexibility index (Phi) is 6.90. The Morgan fingerprint density at radius 2 is 1.77 bits per heavy atom. The molecule has 0 bridgehead atoms. The Labute approximate surface area is 183 Å². The smallest absolute Gasteiger partial charge is 0.309 e. The van der Waals surface area contributed by atoms with Gasteiger partial charge in [-0.25, -0.2) is 0 Å². The molecule has 6 nitrogen and oxygen atoms in total. The number of aryl methyl sites for hydroxylation is 2. The van der Waals surface area contributed by atoms with Gasteiger partial charge in [0.15, 0.2) is 0 Å². The standard InChI is InChI=1S/C25H29N3O3/c1-6-9-21-23(19-12-14-20(15-13-19)26-24(30)16(2)3)25(31-18(5)29)28(27-21)22-11-8-7-10-17(22)4/h7-8,10-16H,6,9H2,1-5H3,(H,26,30). The summed E-state index contributed by atoms with van der Waals surface area (Å²) in [6, 6.07) is 15.4. The first-order valence-corrected chi connectivity index (χ1v) is 10.6. The number of benzene rings is 2. The summed E-state index contributed by atoms with van der Waals surface area (Å²) in [5.41, 5.74) is 5.15. The number of nitrogens with zero attached hydrogens (tertiary/aromatic N) is 2. The normalized spacial score (nSPS) is 10.9. The van der Waals surface area contributed by atoms with Crippen molar-refractivity contribution in [2.45, 2.75) is 47.5 Å². The van der Waals surface area contributed by atoms with E-state index in [4.69, 9.17) is 9.84 Å². The summed E-state index contributed by atoms with van der Waals surface area (Å²) in [4.78, 5) is 24.0. The summed E-state index contributed by atoms with van der Waals surface area (Å²) >= 11 is 0. The van der Waals surface area contributed by atoms with Crippen LogP contribution in [-0.4, -0.2) is 21.7 Å². The molecule has 1 N–H and O–H groups in total. The van der Waals surface area contributed by atoms with Crippen LogP contribution in [0.3, 0.4) is 0 Å². The maximum Gasteiger partial charge on any atom is 0.309 e. The topological polar surface area (TPSA) is 73.2 Å². The molecule has 6 heteroatoms. The molecule has 0 atom stereocenters. The van der Waals surface area contributed by atoms with E-state index in [1.807, 2.05) is 69.3 Å². The average molecular weight is 420 g/mol. The van der Waals surface area contributed by atoms with Crippen LogP contribution in [0.1, 0.15) is 45.4 Å². The van der Waals surface area contributed by atoms with Crippen LogP contribution in [-0.2, 0) is 16.0 Å². The number of para-hydroxylation sites is 1. The molecule has 3 aromatic rings. The molecular weight excluding hydrogens is 390 g/mol. The van der Waals surface area contributed by atoms with Gasteiger partial charge >= 0.3 is 5.97 Å². The number of hydrogen-bond acceptors (Lipinski definition) is 4. The highest BCUT2D eigenvalue weighted by Gasteiger charge is 2.23. The zero-order valence-corrected chi connectivity index (χ0v) is 18.7. The second-order valence-corrected chi connectivity index (χ2v) is 7.89. The molecule has 0 saturated carbocycles. The highest BCUT2D eigenvalue weighted by atomic mass is 16.5. The molecule has 0 radical (unpaired) electrons. The maximum absolute atomic E-state index is 12.0. The van der Waals surface area contributed by atoms with E-state index in [1.165, 1.54) is 6.92 Å². The van der Waals surface area contributed by atoms with Gasteiger partial charge in [0.05, 0.1) is 16.9 Å². The van der Waals surface area contributed by atoms with Crippen molar-refractivity contribution in [3.05, 3.63) is 59.8 Å². The number of nitrogens with one attached hydrogen (secondary N) is 1. The lowest BCUT2D eigenvalue weighted by atomic mass is 10.0. The molecule has 162 valence electrons. The number of carbonyl (C=O) groups is 2. The van der Waals surface area contributed by atoms with Crippen LogP contribution in [0.15, 0.2) is 48.5 Å². The van der Waals surface area contributed by atoms with Crippen LogP contribution in [0.2, 0.25) is 0 Å². The number of esters is 1. The number of hydrogen-bond donors (Lipinski definition) is 1. The van der Waals surface area contributed by atoms with Crippen LogP contribution < -0.4 is 10.1 Å². The first kappa shape index (κ1) is 22.3. The number of rotatable bonds is 7. The molecule has 3 rings (SSSR count). The van der Waals surface area contributed by atoms with Gasteiger partial charge in [-0.3, -0.25) is 9.59 Å². The third kappa shape index (κ3) is 5.02. The fourth-order valence-corrected chi connectivity index (χ4v) is 3.35. The largest absolute Gasteiger partial charge is 0.407 e. The molecular formula is C25H29N3O3. The average Bonchev–Trinajstić information content (AvgIpc) is 3.06. The van der Waals surface area contributed by atoms with Crippen LogP contribution in [0.5, 0.6) is 5.88 Å². The Hall–Kier alpha value is -3.41. The van der Waals surface area contributed by atoms with E-state index in [1.54, 1.807) is 4.68 Å². The Morgan fingerprint density at radius 1 is 1.10 bits per heavy atom. The van der Waals surface area contributed by atoms with Crippen molar-refractivity contribution in [3.63, 3.8) is 0 Å². The number of amides is 1. The minimum atomic E-state index is -0.403. The summed E-state index contributed by atoms with van der Waals surface area (Å²) in [5.74, 6) is -0.129. The Bertz CT molecular complexity index is 1080. The quantitative estimate of drug-likeness (QED) is 0.526. The molecule has 0 saturated heterocycles. The summed E-state index contributed by atoms with van der Waals surface area (Å²) in [6.45, 7) is 9.19. The van der Waals surface area contributed by atoms with Crippen LogP contribution in [0.25, 0.3) is 16.8 Å². The van der Waals surface area contributed by atoms with Crippen molar-refractivity contribution in [1.82, 2.24) is 9.78 Å². The number of aromatic nitrogens is 2. The SMILES string of the molecule is CCCc1nn(-c2ccccc2C)c(OC(C)=O)c1-c1ccc(NC(=O)C(C)C)cc1. The molecule has 31 heavy (non-hydrogen) atoms. The van der Waals surface area contributed by atoms with Gasteiger partial charge in [-0.15, -0.1) is 0 Å². The van der Waals surface area contributed by atoms with Gasteiger partial charge in [-0.1, -0.05) is 57.5 Å². The van der Waals surface area contributed by atoms with Gasteiger partial charge in [0.25, 0.3) is 0 Å². The van der Waals surface area contributed by atoms with E-state index < -0.39 is 5.97 Å². The molecule has 0 aliphatic rings. The van der Waals surface area contributed by atoms with Crippen molar-refractivity contribution >= 4 is 17.6 Å². The zero-order chi connectivity index (χ0) is 22.5. The van der Waals surface area contributed by atoms with Gasteiger partial charge in [0, 0.05) is 18.5 Å². The highest BCUT2D eigenvalue weighted by Crippen LogP contribution is 2.37. The number of ether oxygens (including phenoxy) is 1. The lowest BCUT2D eigenvalue weighted by Crippen LogP contribution is -2.17. The second-order valence-electron chi connectivity index (χ2n) is 7.89. The minimum Gasteiger partial charge on any atom is -0.407 e. The second kappa shape index (κ2) is 9.60. The summed E-state index contributed by atoms with van der Waals surface area (Å²) < 4.78 is 7.40. The Balaban J connectivity index is 2.13. The lowest BCUT2D eigenvalue weighted by molar-refractivity contribution is -0.132. The Morgan fingerprint density at radius 3 is 2.35 bits per heavy atom. The summed E-state index contributed by atoms with van der Waals surface area (Å²) in [5, 5.41) is 7.72. The van der Waals surface area contributed by atoms with Gasteiger partial charge < -0.3 is 10.1 Å². The van der Waals surface area contributed by atoms with Crippen molar-refractivity contribution in [2.24, 2.45) is 5.92 Å². The molecule has 1 aromatic heterocycles. The number of carbonyl (C=O) groups excluding carboxylic acids is 2. The predicted molar refractivity (Wildman–Crippen MR) is 123 cm³/mol. The van der Waals surface area contributed by atoms with Crippen molar-refractivity contribution in [2.75, 3.05) is 5.32 Å². The van der Waals surface area contributed by atoms with Crippen LogP contribution >= 0.6 is 0 Å². The van der Waals surface area contributed by atoms with Crippen LogP contribution in [0, 0.1) is 12.8 Å². The molecule has 1 heterocycles. The first-order valence-electron chi connectivity index (χ1n) is 10.6. The molecule has 0 spiro atoms. The van der Waals surface area contributed by atoms with E-state index >= 15 is 0 Å². The predicted octanol–water partition coefficient (Wildman–Crippen LogP) is 5.32. The van der Waals surface area contributed by atoms with E-state index in [2.05, 4.69) is 12.2 Å². The van der Waals surface area contributed by atoms with Gasteiger partial charge in [0.1, 0.15) is 0 Å². The van der Waals surface area contributed by atoms with E-state index in [-0.39, 0.29) is 11.8 Å². The van der Waals surface area contributed by atoms with Gasteiger partial charge in [-0.05, 0) is 42.7 Å². The summed E-state index contributed by atoms with van der Waals surface area (Å²) in [7, 11) is 0. The number of anilines is 1. The molecule has 0 unspecified atom stereocenters. The molecule has 0 fully saturated rings. The van der Waals surface area contributed by atoms with Crippen molar-refractivity contribution in [1.29, 1.82) is 0 Å². The summed E-state index contributed by atoms with van der Waals surface area (Å²) in [6.07, 6.45) is 1.65. The molecule has 0 aliphatic carbocycles. The van der Waals surface area contributed by atoms with Crippen molar-refractivity contribution < 1.29 is 14.3 Å². The first-order chi connectivity index (χ1) is 14.8. The van der Waals surface area contributed by atoms with Crippen LogP contribution in [0.4, 0.5) is 5.69 Å². The third-order valence-corrected chi connectivity index (χ3v) is 4.95. The minimum absolute atomic E-state index is 0.0348. The van der Waals surface area contributed by atoms with E-state index in [0.29, 0.717) is 5.88 Å². The fourth-order valence-electron chi connectivity index (χ4n) is 3.35. The monoisotopic (exact) mass is 419 g/mol. The lowest BCUT2D eigenvalue weighted by Gasteiger charge is -2.12. The van der Waals surface area contributed by atoms with Gasteiger partial charge in [-0.2, -0.15) is 9.78 Å². The fraction of sp³-hybridized carbons (Fsp3) is 0.320. The van der Waals surface area contributed by atoms with Gasteiger partial charge in [0.2, 0.25) is 11.8 Å². The highest BCUT2D eigenvalue weighted by molar-refractivity contribution is 5.92. The third-order valence-electron chi connectivity index (χ3n) is 4.95. The van der Waals surface area contributed by atoms with Crippen molar-refractivity contribution in [3.8, 4) is 22.7 Å². The van der Waals surface area contributed by atoms with E-state index in [0.717, 1.165) is 46.6 Å². The zero-order valence-electron chi connectivity index (χ0n) is 18.7.